The average Bonchev–Trinajstić information content (AvgIpc) is 2.78. The van der Waals surface area contributed by atoms with Crippen LogP contribution in [-0.4, -0.2) is 54.9 Å². The van der Waals surface area contributed by atoms with Crippen LogP contribution in [0.1, 0.15) is 52.5 Å². The number of hydrogen-bond acceptors (Lipinski definition) is 6. The van der Waals surface area contributed by atoms with Crippen LogP contribution in [-0.2, 0) is 25.7 Å². The lowest BCUT2D eigenvalue weighted by Gasteiger charge is -2.21. The summed E-state index contributed by atoms with van der Waals surface area (Å²) in [5.74, 6) is -1.03. The minimum atomic E-state index is -0.813. The highest BCUT2D eigenvalue weighted by Gasteiger charge is 2.23. The van der Waals surface area contributed by atoms with Gasteiger partial charge in [0.25, 0.3) is 0 Å². The molecule has 1 aromatic carbocycles. The number of nitrogens with two attached hydrogens (primary N) is 2. The first-order valence-electron chi connectivity index (χ1n) is 12.0. The van der Waals surface area contributed by atoms with Crippen molar-refractivity contribution in [1.29, 1.82) is 0 Å². The summed E-state index contributed by atoms with van der Waals surface area (Å²) in [4.78, 5) is 49.6. The SMILES string of the molecule is CC(C)CC(CCCN)C(=O)Nc1ccc(COC(=O)N(C)CC(=O)NC(C(N)=O)C(C)C)cc1. The molecule has 10 heteroatoms. The quantitative estimate of drug-likeness (QED) is 0.312. The van der Waals surface area contributed by atoms with Crippen LogP contribution in [0, 0.1) is 17.8 Å². The summed E-state index contributed by atoms with van der Waals surface area (Å²) in [5.41, 5.74) is 12.3. The molecule has 0 saturated heterocycles. The Hall–Kier alpha value is -3.14. The second-order valence-corrected chi connectivity index (χ2v) is 9.55. The van der Waals surface area contributed by atoms with Gasteiger partial charge < -0.3 is 31.7 Å². The molecule has 0 aliphatic rings. The molecule has 2 atom stereocenters. The van der Waals surface area contributed by atoms with Crippen LogP contribution in [0.5, 0.6) is 0 Å². The highest BCUT2D eigenvalue weighted by molar-refractivity contribution is 5.92. The summed E-state index contributed by atoms with van der Waals surface area (Å²) < 4.78 is 5.25. The summed E-state index contributed by atoms with van der Waals surface area (Å²) in [6, 6.07) is 6.21. The highest BCUT2D eigenvalue weighted by Crippen LogP contribution is 2.20. The molecule has 0 aromatic heterocycles. The molecule has 10 nitrogen and oxygen atoms in total. The lowest BCUT2D eigenvalue weighted by Crippen LogP contribution is -2.50. The molecule has 0 fully saturated rings. The fraction of sp³-hybridized carbons (Fsp3) is 0.600. The zero-order valence-electron chi connectivity index (χ0n) is 21.5. The van der Waals surface area contributed by atoms with E-state index in [2.05, 4.69) is 24.5 Å². The third kappa shape index (κ3) is 11.2. The van der Waals surface area contributed by atoms with E-state index in [9.17, 15) is 19.2 Å². The summed E-state index contributed by atoms with van der Waals surface area (Å²) in [6.07, 6.45) is 1.66. The molecule has 0 radical (unpaired) electrons. The van der Waals surface area contributed by atoms with Gasteiger partial charge in [-0.2, -0.15) is 0 Å². The molecule has 0 heterocycles. The lowest BCUT2D eigenvalue weighted by molar-refractivity contribution is -0.128. The summed E-state index contributed by atoms with van der Waals surface area (Å²) in [6.45, 7) is 7.98. The Morgan fingerprint density at radius 3 is 2.20 bits per heavy atom. The first-order chi connectivity index (χ1) is 16.4. The van der Waals surface area contributed by atoms with Gasteiger partial charge in [-0.3, -0.25) is 14.4 Å². The number of benzene rings is 1. The molecule has 196 valence electrons. The number of ether oxygens (including phenoxy) is 1. The number of amides is 4. The molecule has 1 rings (SSSR count). The number of rotatable bonds is 14. The van der Waals surface area contributed by atoms with Crippen molar-refractivity contribution in [1.82, 2.24) is 10.2 Å². The van der Waals surface area contributed by atoms with E-state index in [0.29, 0.717) is 18.2 Å². The molecule has 0 aliphatic heterocycles. The predicted molar refractivity (Wildman–Crippen MR) is 135 cm³/mol. The van der Waals surface area contributed by atoms with Crippen molar-refractivity contribution >= 4 is 29.5 Å². The van der Waals surface area contributed by atoms with Gasteiger partial charge in [0.2, 0.25) is 17.7 Å². The molecule has 0 aliphatic carbocycles. The number of nitrogens with zero attached hydrogens (tertiary/aromatic N) is 1. The Kier molecular flexibility index (Phi) is 12.8. The van der Waals surface area contributed by atoms with Crippen molar-refractivity contribution < 1.29 is 23.9 Å². The molecule has 4 amide bonds. The van der Waals surface area contributed by atoms with Crippen LogP contribution in [0.3, 0.4) is 0 Å². The maximum atomic E-state index is 12.7. The fourth-order valence-electron chi connectivity index (χ4n) is 3.54. The van der Waals surface area contributed by atoms with E-state index >= 15 is 0 Å². The number of nitrogens with one attached hydrogen (secondary N) is 2. The van der Waals surface area contributed by atoms with Crippen molar-refractivity contribution in [2.45, 2.75) is 59.6 Å². The van der Waals surface area contributed by atoms with Gasteiger partial charge in [-0.05, 0) is 55.3 Å². The normalized spacial score (nSPS) is 12.7. The Labute approximate surface area is 208 Å². The lowest BCUT2D eigenvalue weighted by atomic mass is 9.92. The summed E-state index contributed by atoms with van der Waals surface area (Å²) >= 11 is 0. The second-order valence-electron chi connectivity index (χ2n) is 9.55. The Balaban J connectivity index is 2.56. The van der Waals surface area contributed by atoms with E-state index in [-0.39, 0.29) is 30.9 Å². The van der Waals surface area contributed by atoms with Gasteiger partial charge in [-0.15, -0.1) is 0 Å². The first-order valence-corrected chi connectivity index (χ1v) is 12.0. The third-order valence-electron chi connectivity index (χ3n) is 5.45. The van der Waals surface area contributed by atoms with Gasteiger partial charge >= 0.3 is 6.09 Å². The van der Waals surface area contributed by atoms with E-state index in [1.54, 1.807) is 38.1 Å². The van der Waals surface area contributed by atoms with Crippen molar-refractivity contribution in [3.8, 4) is 0 Å². The van der Waals surface area contributed by atoms with E-state index in [1.165, 1.54) is 7.05 Å². The molecule has 2 unspecified atom stereocenters. The molecule has 0 bridgehead atoms. The van der Waals surface area contributed by atoms with E-state index < -0.39 is 23.9 Å². The molecular formula is C25H41N5O5. The van der Waals surface area contributed by atoms with Crippen molar-refractivity contribution in [2.24, 2.45) is 29.2 Å². The number of carbonyl (C=O) groups excluding carboxylic acids is 4. The molecule has 0 saturated carbocycles. The monoisotopic (exact) mass is 491 g/mol. The maximum absolute atomic E-state index is 12.7. The Morgan fingerprint density at radius 1 is 1.06 bits per heavy atom. The van der Waals surface area contributed by atoms with Gasteiger partial charge in [0.1, 0.15) is 19.2 Å². The molecular weight excluding hydrogens is 450 g/mol. The average molecular weight is 492 g/mol. The molecule has 1 aromatic rings. The van der Waals surface area contributed by atoms with Gasteiger partial charge in [0.15, 0.2) is 0 Å². The van der Waals surface area contributed by atoms with Crippen LogP contribution in [0.25, 0.3) is 0 Å². The van der Waals surface area contributed by atoms with Crippen LogP contribution in [0.15, 0.2) is 24.3 Å². The fourth-order valence-corrected chi connectivity index (χ4v) is 3.54. The molecule has 35 heavy (non-hydrogen) atoms. The minimum Gasteiger partial charge on any atom is -0.445 e. The van der Waals surface area contributed by atoms with Crippen molar-refractivity contribution in [2.75, 3.05) is 25.5 Å². The van der Waals surface area contributed by atoms with Gasteiger partial charge in [0, 0.05) is 18.7 Å². The van der Waals surface area contributed by atoms with E-state index in [4.69, 9.17) is 16.2 Å². The topological polar surface area (TPSA) is 157 Å². The number of carbonyl (C=O) groups is 4. The predicted octanol–water partition coefficient (Wildman–Crippen LogP) is 2.22. The van der Waals surface area contributed by atoms with Gasteiger partial charge in [-0.25, -0.2) is 4.79 Å². The number of anilines is 1. The zero-order valence-corrected chi connectivity index (χ0v) is 21.5. The van der Waals surface area contributed by atoms with Crippen molar-refractivity contribution in [3.05, 3.63) is 29.8 Å². The van der Waals surface area contributed by atoms with Crippen LogP contribution < -0.4 is 22.1 Å². The van der Waals surface area contributed by atoms with Gasteiger partial charge in [0.05, 0.1) is 0 Å². The first kappa shape index (κ1) is 29.9. The standard InChI is InChI=1S/C25H41N5O5/c1-16(2)13-19(7-6-12-26)24(33)28-20-10-8-18(9-11-20)15-35-25(34)30(5)14-21(31)29-22(17(3)4)23(27)32/h8-11,16-17,19,22H,6-7,12-15,26H2,1-5H3,(H2,27,32)(H,28,33)(H,29,31). The molecule has 6 N–H and O–H groups in total. The largest absolute Gasteiger partial charge is 0.445 e. The number of hydrogen-bond donors (Lipinski definition) is 4. The Morgan fingerprint density at radius 2 is 1.69 bits per heavy atom. The minimum absolute atomic E-state index is 0.00139. The highest BCUT2D eigenvalue weighted by atomic mass is 16.6. The Bertz CT molecular complexity index is 841. The number of likely N-dealkylation sites (N-methyl/N-ethyl adjacent to an activating group) is 1. The van der Waals surface area contributed by atoms with Crippen LogP contribution >= 0.6 is 0 Å². The van der Waals surface area contributed by atoms with Crippen molar-refractivity contribution in [3.63, 3.8) is 0 Å². The second kappa shape index (κ2) is 15.0. The third-order valence-corrected chi connectivity index (χ3v) is 5.45. The molecule has 0 spiro atoms. The van der Waals surface area contributed by atoms with Crippen LogP contribution in [0.4, 0.5) is 10.5 Å². The van der Waals surface area contributed by atoms with Crippen LogP contribution in [0.2, 0.25) is 0 Å². The zero-order chi connectivity index (χ0) is 26.5. The van der Waals surface area contributed by atoms with E-state index in [0.717, 1.165) is 29.7 Å². The smallest absolute Gasteiger partial charge is 0.410 e. The summed E-state index contributed by atoms with van der Waals surface area (Å²) in [5, 5.41) is 5.47. The summed E-state index contributed by atoms with van der Waals surface area (Å²) in [7, 11) is 1.42. The number of primary amides is 1. The maximum Gasteiger partial charge on any atom is 0.410 e. The van der Waals surface area contributed by atoms with Gasteiger partial charge in [-0.1, -0.05) is 39.8 Å². The van der Waals surface area contributed by atoms with E-state index in [1.807, 2.05) is 0 Å².